The molecule has 0 aliphatic rings. The monoisotopic (exact) mass is 434 g/mol. The van der Waals surface area contributed by atoms with Crippen LogP contribution in [0, 0.1) is 0 Å². The van der Waals surface area contributed by atoms with Crippen molar-refractivity contribution in [1.29, 1.82) is 0 Å². The van der Waals surface area contributed by atoms with E-state index in [0.29, 0.717) is 29.3 Å². The smallest absolute Gasteiger partial charge is 0.267 e. The second kappa shape index (κ2) is 11.0. The topological polar surface area (TPSA) is 67.4 Å². The van der Waals surface area contributed by atoms with E-state index in [2.05, 4.69) is 10.6 Å². The summed E-state index contributed by atoms with van der Waals surface area (Å²) in [4.78, 5) is 25.5. The van der Waals surface area contributed by atoms with Crippen LogP contribution in [0.15, 0.2) is 84.6 Å². The van der Waals surface area contributed by atoms with E-state index in [1.807, 2.05) is 30.3 Å². The molecule has 2 amide bonds. The maximum absolute atomic E-state index is 12.8. The summed E-state index contributed by atoms with van der Waals surface area (Å²) in [6.07, 6.45) is 2.31. The third kappa shape index (κ3) is 6.73. The molecule has 0 aliphatic carbocycles. The van der Waals surface area contributed by atoms with Crippen molar-refractivity contribution < 1.29 is 14.3 Å². The number of benzene rings is 3. The summed E-state index contributed by atoms with van der Waals surface area (Å²) < 4.78 is 5.12. The fraction of sp³-hybridized carbons (Fsp3) is 0.120. The summed E-state index contributed by atoms with van der Waals surface area (Å²) in [6, 6.07) is 23.5. The SMILES string of the molecule is COc1ccc(C(=O)N/C(=C/c2ccc(Cl)cc2)C(=O)NCCc2ccccc2)cc1. The first-order valence-electron chi connectivity index (χ1n) is 9.80. The van der Waals surface area contributed by atoms with Gasteiger partial charge >= 0.3 is 0 Å². The highest BCUT2D eigenvalue weighted by Crippen LogP contribution is 2.14. The van der Waals surface area contributed by atoms with Crippen LogP contribution in [-0.4, -0.2) is 25.5 Å². The summed E-state index contributed by atoms with van der Waals surface area (Å²) in [5.41, 5.74) is 2.43. The minimum atomic E-state index is -0.388. The van der Waals surface area contributed by atoms with E-state index in [4.69, 9.17) is 16.3 Å². The van der Waals surface area contributed by atoms with E-state index < -0.39 is 0 Å². The van der Waals surface area contributed by atoms with Gasteiger partial charge in [-0.2, -0.15) is 0 Å². The van der Waals surface area contributed by atoms with E-state index in [-0.39, 0.29) is 17.5 Å². The molecule has 0 spiro atoms. The Morgan fingerprint density at radius 1 is 0.935 bits per heavy atom. The van der Waals surface area contributed by atoms with E-state index >= 15 is 0 Å². The fourth-order valence-corrected chi connectivity index (χ4v) is 3.01. The number of methoxy groups -OCH3 is 1. The molecule has 3 rings (SSSR count). The highest BCUT2D eigenvalue weighted by Gasteiger charge is 2.14. The minimum Gasteiger partial charge on any atom is -0.497 e. The van der Waals surface area contributed by atoms with E-state index in [9.17, 15) is 9.59 Å². The molecule has 0 aliphatic heterocycles. The number of ether oxygens (including phenoxy) is 1. The molecule has 0 radical (unpaired) electrons. The molecule has 0 unspecified atom stereocenters. The molecular weight excluding hydrogens is 412 g/mol. The van der Waals surface area contributed by atoms with Crippen molar-refractivity contribution in [2.24, 2.45) is 0 Å². The molecule has 0 atom stereocenters. The van der Waals surface area contributed by atoms with Gasteiger partial charge in [-0.3, -0.25) is 9.59 Å². The Balaban J connectivity index is 1.74. The first kappa shape index (κ1) is 22.1. The lowest BCUT2D eigenvalue weighted by Crippen LogP contribution is -2.35. The molecule has 0 heterocycles. The highest BCUT2D eigenvalue weighted by molar-refractivity contribution is 6.30. The molecule has 158 valence electrons. The number of halogens is 1. The van der Waals surface area contributed by atoms with Crippen molar-refractivity contribution in [2.45, 2.75) is 6.42 Å². The van der Waals surface area contributed by atoms with Gasteiger partial charge in [-0.25, -0.2) is 0 Å². The minimum absolute atomic E-state index is 0.149. The maximum Gasteiger partial charge on any atom is 0.267 e. The Hall–Kier alpha value is -3.57. The quantitative estimate of drug-likeness (QED) is 0.514. The Kier molecular flexibility index (Phi) is 7.85. The highest BCUT2D eigenvalue weighted by atomic mass is 35.5. The standard InChI is InChI=1S/C25H23ClN2O3/c1-31-22-13-9-20(10-14-22)24(29)28-23(17-19-7-11-21(26)12-8-19)25(30)27-16-15-18-5-3-2-4-6-18/h2-14,17H,15-16H2,1H3,(H,27,30)(H,28,29)/b23-17+. The van der Waals surface area contributed by atoms with E-state index in [1.165, 1.54) is 0 Å². The van der Waals surface area contributed by atoms with Gasteiger partial charge in [0.25, 0.3) is 11.8 Å². The van der Waals surface area contributed by atoms with Crippen LogP contribution in [0.1, 0.15) is 21.5 Å². The molecule has 0 saturated carbocycles. The zero-order valence-corrected chi connectivity index (χ0v) is 17.9. The summed E-state index contributed by atoms with van der Waals surface area (Å²) in [5.74, 6) is -0.110. The lowest BCUT2D eigenvalue weighted by Gasteiger charge is -2.12. The normalized spacial score (nSPS) is 11.0. The molecule has 3 aromatic rings. The van der Waals surface area contributed by atoms with Crippen LogP contribution >= 0.6 is 11.6 Å². The van der Waals surface area contributed by atoms with Crippen molar-refractivity contribution in [1.82, 2.24) is 10.6 Å². The average molecular weight is 435 g/mol. The Labute approximate surface area is 186 Å². The molecule has 2 N–H and O–H groups in total. The fourth-order valence-electron chi connectivity index (χ4n) is 2.88. The van der Waals surface area contributed by atoms with Crippen LogP contribution in [0.25, 0.3) is 6.08 Å². The van der Waals surface area contributed by atoms with Crippen LogP contribution < -0.4 is 15.4 Å². The van der Waals surface area contributed by atoms with Crippen LogP contribution in [0.3, 0.4) is 0 Å². The van der Waals surface area contributed by atoms with Gasteiger partial charge in [0.15, 0.2) is 0 Å². The molecular formula is C25H23ClN2O3. The molecule has 6 heteroatoms. The van der Waals surface area contributed by atoms with Crippen molar-refractivity contribution in [3.63, 3.8) is 0 Å². The Morgan fingerprint density at radius 2 is 1.61 bits per heavy atom. The number of nitrogens with one attached hydrogen (secondary N) is 2. The van der Waals surface area contributed by atoms with Crippen LogP contribution in [0.2, 0.25) is 5.02 Å². The largest absolute Gasteiger partial charge is 0.497 e. The molecule has 3 aromatic carbocycles. The van der Waals surface area contributed by atoms with Gasteiger partial charge in [-0.15, -0.1) is 0 Å². The number of carbonyl (C=O) groups is 2. The molecule has 31 heavy (non-hydrogen) atoms. The zero-order chi connectivity index (χ0) is 22.1. The predicted molar refractivity (Wildman–Crippen MR) is 123 cm³/mol. The molecule has 0 saturated heterocycles. The van der Waals surface area contributed by atoms with Gasteiger partial charge in [-0.05, 0) is 60.0 Å². The molecule has 0 fully saturated rings. The van der Waals surface area contributed by atoms with Gasteiger partial charge in [0, 0.05) is 17.1 Å². The molecule has 0 aromatic heterocycles. The molecule has 5 nitrogen and oxygen atoms in total. The lowest BCUT2D eigenvalue weighted by molar-refractivity contribution is -0.117. The summed E-state index contributed by atoms with van der Waals surface area (Å²) in [5, 5.41) is 6.18. The van der Waals surface area contributed by atoms with Crippen molar-refractivity contribution in [3.8, 4) is 5.75 Å². The maximum atomic E-state index is 12.8. The van der Waals surface area contributed by atoms with Gasteiger partial charge in [-0.1, -0.05) is 54.1 Å². The second-order valence-corrected chi connectivity index (χ2v) is 7.22. The van der Waals surface area contributed by atoms with E-state index in [0.717, 1.165) is 11.1 Å². The number of carbonyl (C=O) groups excluding carboxylic acids is 2. The number of hydrogen-bond donors (Lipinski definition) is 2. The third-order valence-corrected chi connectivity index (χ3v) is 4.82. The van der Waals surface area contributed by atoms with Crippen LogP contribution in [0.5, 0.6) is 5.75 Å². The summed E-state index contributed by atoms with van der Waals surface area (Å²) in [6.45, 7) is 0.444. The molecule has 0 bridgehead atoms. The van der Waals surface area contributed by atoms with E-state index in [1.54, 1.807) is 61.7 Å². The number of amides is 2. The van der Waals surface area contributed by atoms with Crippen LogP contribution in [-0.2, 0) is 11.2 Å². The number of hydrogen-bond acceptors (Lipinski definition) is 3. The van der Waals surface area contributed by atoms with Gasteiger partial charge in [0.1, 0.15) is 11.4 Å². The second-order valence-electron chi connectivity index (χ2n) is 6.78. The van der Waals surface area contributed by atoms with Gasteiger partial charge < -0.3 is 15.4 Å². The average Bonchev–Trinajstić information content (AvgIpc) is 2.80. The first-order valence-corrected chi connectivity index (χ1v) is 10.2. The van der Waals surface area contributed by atoms with Crippen LogP contribution in [0.4, 0.5) is 0 Å². The summed E-state index contributed by atoms with van der Waals surface area (Å²) in [7, 11) is 1.56. The lowest BCUT2D eigenvalue weighted by atomic mass is 10.1. The first-order chi connectivity index (χ1) is 15.0. The predicted octanol–water partition coefficient (Wildman–Crippen LogP) is 4.48. The third-order valence-electron chi connectivity index (χ3n) is 4.57. The Bertz CT molecular complexity index is 1050. The van der Waals surface area contributed by atoms with Gasteiger partial charge in [0.2, 0.25) is 0 Å². The summed E-state index contributed by atoms with van der Waals surface area (Å²) >= 11 is 5.95. The van der Waals surface area contributed by atoms with Crippen molar-refractivity contribution in [2.75, 3.05) is 13.7 Å². The Morgan fingerprint density at radius 3 is 2.26 bits per heavy atom. The van der Waals surface area contributed by atoms with Crippen molar-refractivity contribution in [3.05, 3.63) is 106 Å². The zero-order valence-electron chi connectivity index (χ0n) is 17.1. The van der Waals surface area contributed by atoms with Gasteiger partial charge in [0.05, 0.1) is 7.11 Å². The number of rotatable bonds is 8. The van der Waals surface area contributed by atoms with Crippen molar-refractivity contribution >= 4 is 29.5 Å².